The summed E-state index contributed by atoms with van der Waals surface area (Å²) in [6.07, 6.45) is 68.6. The number of rotatable bonds is 81. The number of hydrogen-bond acceptors (Lipinski definition) is 15. The van der Waals surface area contributed by atoms with Crippen molar-refractivity contribution in [3.8, 4) is 0 Å². The number of aliphatic hydroxyl groups is 1. The Kier molecular flexibility index (Phi) is 73.2. The molecule has 6 atom stereocenters. The van der Waals surface area contributed by atoms with Crippen LogP contribution in [-0.2, 0) is 65.4 Å². The molecule has 0 spiro atoms. The Labute approximate surface area is 631 Å². The first-order valence-electron chi connectivity index (χ1n) is 42.8. The number of phosphoric acid groups is 2. The van der Waals surface area contributed by atoms with Crippen molar-refractivity contribution in [2.24, 2.45) is 11.8 Å². The maximum absolute atomic E-state index is 13.1. The van der Waals surface area contributed by atoms with Crippen LogP contribution in [0.25, 0.3) is 0 Å². The normalized spacial score (nSPS) is 14.3. The molecule has 3 N–H and O–H groups in total. The van der Waals surface area contributed by atoms with E-state index in [9.17, 15) is 43.2 Å². The third-order valence-electron chi connectivity index (χ3n) is 19.4. The van der Waals surface area contributed by atoms with E-state index in [1.807, 2.05) is 0 Å². The average molecular weight is 1500 g/mol. The van der Waals surface area contributed by atoms with Gasteiger partial charge in [0.2, 0.25) is 0 Å². The van der Waals surface area contributed by atoms with Crippen molar-refractivity contribution in [2.75, 3.05) is 39.6 Å². The minimum Gasteiger partial charge on any atom is -0.462 e. The number of unbranched alkanes of at least 4 members (excludes halogenated alkanes) is 47. The molecule has 19 heteroatoms. The molecule has 0 aromatic heterocycles. The molecule has 0 heterocycles. The number of ether oxygens (including phenoxy) is 4. The number of allylic oxidation sites excluding steroid dienone is 4. The van der Waals surface area contributed by atoms with Gasteiger partial charge in [-0.25, -0.2) is 9.13 Å². The Hall–Kier alpha value is -2.46. The summed E-state index contributed by atoms with van der Waals surface area (Å²) in [4.78, 5) is 73.2. The van der Waals surface area contributed by atoms with Gasteiger partial charge >= 0.3 is 39.5 Å². The Morgan fingerprint density at radius 1 is 0.320 bits per heavy atom. The largest absolute Gasteiger partial charge is 0.472 e. The Bertz CT molecular complexity index is 2070. The highest BCUT2D eigenvalue weighted by Gasteiger charge is 2.30. The van der Waals surface area contributed by atoms with Crippen molar-refractivity contribution in [1.82, 2.24) is 0 Å². The van der Waals surface area contributed by atoms with Gasteiger partial charge in [-0.3, -0.25) is 37.3 Å². The minimum absolute atomic E-state index is 0.0856. The van der Waals surface area contributed by atoms with Crippen LogP contribution in [0.1, 0.15) is 420 Å². The lowest BCUT2D eigenvalue weighted by Crippen LogP contribution is -2.30. The highest BCUT2D eigenvalue weighted by molar-refractivity contribution is 7.47. The van der Waals surface area contributed by atoms with Crippen LogP contribution in [0, 0.1) is 11.8 Å². The predicted molar refractivity (Wildman–Crippen MR) is 423 cm³/mol. The van der Waals surface area contributed by atoms with E-state index in [0.29, 0.717) is 25.7 Å². The van der Waals surface area contributed by atoms with Gasteiger partial charge < -0.3 is 33.8 Å². The molecule has 0 aliphatic carbocycles. The van der Waals surface area contributed by atoms with Gasteiger partial charge in [-0.1, -0.05) is 368 Å². The standard InChI is InChI=1S/C84H160O17P2/c1-7-10-12-14-16-18-20-22-23-32-38-44-50-56-62-68-83(88)100-79(72-94-81(86)66-60-54-48-42-36-28-21-19-17-15-13-11-8-2)74-98-102(90,91)96-70-78(85)71-97-103(92,93)99-75-80(73-95-82(87)67-61-55-49-43-37-31-26-24-29-34-40-46-52-58-64-76(4)5)101-84(89)69-63-57-51-45-39-33-27-25-30-35-41-47-53-59-65-77(6)9-3/h18,20,22-23,76-80,85H,7-17,19,21,24-75H2,1-6H3,(H,90,91)(H,92,93)/b20-18-,23-22-/t77?,78-,79+,80+/m0/s1. The van der Waals surface area contributed by atoms with Gasteiger partial charge in [-0.15, -0.1) is 0 Å². The molecular weight excluding hydrogens is 1340 g/mol. The van der Waals surface area contributed by atoms with Crippen LogP contribution in [-0.4, -0.2) is 96.7 Å². The number of hydrogen-bond donors (Lipinski definition) is 3. The van der Waals surface area contributed by atoms with Gasteiger partial charge in [0.25, 0.3) is 0 Å². The van der Waals surface area contributed by atoms with Gasteiger partial charge in [0, 0.05) is 25.7 Å². The topological polar surface area (TPSA) is 237 Å². The molecule has 103 heavy (non-hydrogen) atoms. The molecular formula is C84H160O17P2. The van der Waals surface area contributed by atoms with E-state index in [1.54, 1.807) is 0 Å². The second-order valence-corrected chi connectivity index (χ2v) is 33.2. The molecule has 0 aromatic rings. The van der Waals surface area contributed by atoms with Crippen molar-refractivity contribution in [1.29, 1.82) is 0 Å². The molecule has 0 rings (SSSR count). The summed E-state index contributed by atoms with van der Waals surface area (Å²) in [6, 6.07) is 0. The molecule has 3 unspecified atom stereocenters. The Morgan fingerprint density at radius 3 is 0.874 bits per heavy atom. The zero-order chi connectivity index (χ0) is 75.6. The van der Waals surface area contributed by atoms with Crippen LogP contribution in [0.15, 0.2) is 24.3 Å². The predicted octanol–water partition coefficient (Wildman–Crippen LogP) is 25.0. The lowest BCUT2D eigenvalue weighted by molar-refractivity contribution is -0.161. The van der Waals surface area contributed by atoms with E-state index in [0.717, 1.165) is 115 Å². The van der Waals surface area contributed by atoms with E-state index >= 15 is 0 Å². The molecule has 0 saturated carbocycles. The van der Waals surface area contributed by atoms with Crippen LogP contribution < -0.4 is 0 Å². The number of carbonyl (C=O) groups is 4. The summed E-state index contributed by atoms with van der Waals surface area (Å²) in [6.45, 7) is 9.67. The molecule has 0 aliphatic heterocycles. The van der Waals surface area contributed by atoms with Gasteiger partial charge in [0.1, 0.15) is 19.3 Å². The first kappa shape index (κ1) is 101. The monoisotopic (exact) mass is 1500 g/mol. The Morgan fingerprint density at radius 2 is 0.573 bits per heavy atom. The quantitative estimate of drug-likeness (QED) is 0.0169. The first-order chi connectivity index (χ1) is 49.9. The van der Waals surface area contributed by atoms with Crippen LogP contribution >= 0.6 is 15.6 Å². The maximum atomic E-state index is 13.1. The molecule has 17 nitrogen and oxygen atoms in total. The lowest BCUT2D eigenvalue weighted by atomic mass is 9.99. The van der Waals surface area contributed by atoms with Gasteiger partial charge in [0.05, 0.1) is 26.4 Å². The molecule has 0 amide bonds. The lowest BCUT2D eigenvalue weighted by Gasteiger charge is -2.21. The number of phosphoric ester groups is 2. The maximum Gasteiger partial charge on any atom is 0.472 e. The second-order valence-electron chi connectivity index (χ2n) is 30.3. The molecule has 608 valence electrons. The molecule has 0 saturated heterocycles. The van der Waals surface area contributed by atoms with Crippen LogP contribution in [0.5, 0.6) is 0 Å². The second kappa shape index (κ2) is 75.0. The van der Waals surface area contributed by atoms with Gasteiger partial charge in [-0.2, -0.15) is 0 Å². The summed E-state index contributed by atoms with van der Waals surface area (Å²) in [5.41, 5.74) is 0. The van der Waals surface area contributed by atoms with Crippen molar-refractivity contribution in [3.05, 3.63) is 24.3 Å². The van der Waals surface area contributed by atoms with E-state index in [4.69, 9.17) is 37.0 Å². The zero-order valence-electron chi connectivity index (χ0n) is 67.1. The zero-order valence-corrected chi connectivity index (χ0v) is 68.9. The van der Waals surface area contributed by atoms with E-state index in [-0.39, 0.29) is 25.7 Å². The van der Waals surface area contributed by atoms with Crippen LogP contribution in [0.3, 0.4) is 0 Å². The van der Waals surface area contributed by atoms with Crippen molar-refractivity contribution in [3.63, 3.8) is 0 Å². The third kappa shape index (κ3) is 76.1. The summed E-state index contributed by atoms with van der Waals surface area (Å²) in [7, 11) is -9.94. The average Bonchev–Trinajstić information content (AvgIpc) is 0.907. The summed E-state index contributed by atoms with van der Waals surface area (Å²) in [5, 5.41) is 10.7. The fraction of sp³-hybridized carbons (Fsp3) is 0.905. The number of carbonyl (C=O) groups excluding carboxylic acids is 4. The first-order valence-corrected chi connectivity index (χ1v) is 45.8. The molecule has 0 aromatic carbocycles. The Balaban J connectivity index is 5.30. The van der Waals surface area contributed by atoms with E-state index in [1.165, 1.54) is 225 Å². The number of esters is 4. The van der Waals surface area contributed by atoms with E-state index in [2.05, 4.69) is 65.8 Å². The molecule has 0 radical (unpaired) electrons. The SMILES string of the molecule is CCCCCC/C=C\C=C/CCCCCCCC(=O)O[C@H](COC(=O)CCCCCCCCCCCCCCC)COP(=O)(O)OC[C@H](O)COP(=O)(O)OC[C@@H](COC(=O)CCCCCCCCCCCCCCCCC(C)C)OC(=O)CCCCCCCCCCCCCCCCC(C)CC. The fourth-order valence-corrected chi connectivity index (χ4v) is 14.1. The van der Waals surface area contributed by atoms with E-state index < -0.39 is 97.5 Å². The van der Waals surface area contributed by atoms with Crippen LogP contribution in [0.4, 0.5) is 0 Å². The third-order valence-corrected chi connectivity index (χ3v) is 21.3. The number of aliphatic hydroxyl groups excluding tert-OH is 1. The molecule has 0 aliphatic rings. The molecule has 0 fully saturated rings. The van der Waals surface area contributed by atoms with Crippen molar-refractivity contribution < 1.29 is 80.2 Å². The fourth-order valence-electron chi connectivity index (χ4n) is 12.5. The summed E-state index contributed by atoms with van der Waals surface area (Å²) in [5.74, 6) is -0.491. The molecule has 0 bridgehead atoms. The van der Waals surface area contributed by atoms with Gasteiger partial charge in [-0.05, 0) is 63.2 Å². The minimum atomic E-state index is -4.97. The summed E-state index contributed by atoms with van der Waals surface area (Å²) >= 11 is 0. The van der Waals surface area contributed by atoms with Crippen molar-refractivity contribution >= 4 is 39.5 Å². The van der Waals surface area contributed by atoms with Crippen LogP contribution in [0.2, 0.25) is 0 Å². The van der Waals surface area contributed by atoms with Gasteiger partial charge in [0.15, 0.2) is 12.2 Å². The highest BCUT2D eigenvalue weighted by atomic mass is 31.2. The smallest absolute Gasteiger partial charge is 0.462 e. The summed E-state index contributed by atoms with van der Waals surface area (Å²) < 4.78 is 68.8. The highest BCUT2D eigenvalue weighted by Crippen LogP contribution is 2.45. The van der Waals surface area contributed by atoms with Crippen molar-refractivity contribution in [2.45, 2.75) is 439 Å².